The van der Waals surface area contributed by atoms with Crippen LogP contribution in [0, 0.1) is 0 Å². The molecule has 1 nitrogen and oxygen atoms in total. The highest BCUT2D eigenvalue weighted by Gasteiger charge is 2.10. The Kier molecular flexibility index (Phi) is 3.38. The van der Waals surface area contributed by atoms with E-state index in [1.165, 1.54) is 5.56 Å². The number of hydrogen-bond donors (Lipinski definition) is 1. The lowest BCUT2D eigenvalue weighted by Crippen LogP contribution is -1.97. The van der Waals surface area contributed by atoms with E-state index in [0.717, 1.165) is 9.35 Å². The second-order valence-corrected chi connectivity index (χ2v) is 5.66. The topological polar surface area (TPSA) is 20.2 Å². The fraction of sp³-hybridized carbons (Fsp3) is 0.200. The van der Waals surface area contributed by atoms with Crippen LogP contribution in [-0.2, 0) is 6.42 Å². The molecule has 1 N–H and O–H groups in total. The highest BCUT2D eigenvalue weighted by atomic mass is 79.9. The van der Waals surface area contributed by atoms with Crippen LogP contribution in [0.15, 0.2) is 32.7 Å². The van der Waals surface area contributed by atoms with E-state index in [-0.39, 0.29) is 6.10 Å². The van der Waals surface area contributed by atoms with Gasteiger partial charge in [-0.15, -0.1) is 11.3 Å². The maximum absolute atomic E-state index is 9.90. The summed E-state index contributed by atoms with van der Waals surface area (Å²) in [6.07, 6.45) is 0.331. The first-order valence-corrected chi connectivity index (χ1v) is 6.80. The van der Waals surface area contributed by atoms with Crippen LogP contribution in [0.1, 0.15) is 16.5 Å². The Hall–Kier alpha value is -0.160. The van der Waals surface area contributed by atoms with E-state index in [4.69, 9.17) is 0 Å². The highest BCUT2D eigenvalue weighted by molar-refractivity contribution is 9.10. The summed E-state index contributed by atoms with van der Waals surface area (Å²) < 4.78 is 1.04. The molecule has 0 spiro atoms. The van der Waals surface area contributed by atoms with Crippen LogP contribution in [0.3, 0.4) is 0 Å². The molecule has 0 amide bonds. The van der Waals surface area contributed by atoms with Crippen molar-refractivity contribution >= 4 is 38.6 Å². The fourth-order valence-electron chi connectivity index (χ4n) is 1.24. The highest BCUT2D eigenvalue weighted by Crippen LogP contribution is 2.28. The monoisotopic (exact) mass is 288 g/mol. The minimum Gasteiger partial charge on any atom is -0.387 e. The maximum Gasteiger partial charge on any atom is 0.0922 e. The summed E-state index contributed by atoms with van der Waals surface area (Å²) in [6, 6.07) is 4.03. The molecular formula is C10H9BrOS2. The molecule has 2 aromatic rings. The quantitative estimate of drug-likeness (QED) is 0.910. The molecule has 0 aliphatic heterocycles. The number of aliphatic hydroxyl groups excluding tert-OH is 1. The molecule has 2 aromatic heterocycles. The van der Waals surface area contributed by atoms with E-state index in [1.54, 1.807) is 22.7 Å². The molecule has 14 heavy (non-hydrogen) atoms. The molecule has 2 rings (SSSR count). The number of hydrogen-bond acceptors (Lipinski definition) is 3. The summed E-state index contributed by atoms with van der Waals surface area (Å²) in [7, 11) is 0. The zero-order valence-electron chi connectivity index (χ0n) is 7.31. The summed E-state index contributed by atoms with van der Waals surface area (Å²) in [5.74, 6) is 0. The zero-order chi connectivity index (χ0) is 9.97. The predicted molar refractivity (Wildman–Crippen MR) is 65.0 cm³/mol. The Labute approximate surface area is 99.2 Å². The number of thiophene rings is 2. The van der Waals surface area contributed by atoms with Crippen LogP contribution >= 0.6 is 38.6 Å². The fourth-order valence-corrected chi connectivity index (χ4v) is 3.35. The third kappa shape index (κ3) is 2.45. The van der Waals surface area contributed by atoms with Gasteiger partial charge in [-0.05, 0) is 44.4 Å². The molecule has 2 heterocycles. The van der Waals surface area contributed by atoms with Gasteiger partial charge in [-0.25, -0.2) is 0 Å². The van der Waals surface area contributed by atoms with Crippen molar-refractivity contribution in [1.82, 2.24) is 0 Å². The van der Waals surface area contributed by atoms with Gasteiger partial charge in [-0.2, -0.15) is 11.3 Å². The summed E-state index contributed by atoms with van der Waals surface area (Å²) in [4.78, 5) is 1.02. The van der Waals surface area contributed by atoms with Crippen molar-refractivity contribution in [3.63, 3.8) is 0 Å². The van der Waals surface area contributed by atoms with E-state index in [9.17, 15) is 5.11 Å². The van der Waals surface area contributed by atoms with E-state index < -0.39 is 0 Å². The average Bonchev–Trinajstić information content (AvgIpc) is 2.75. The minimum atomic E-state index is -0.374. The molecule has 0 aliphatic rings. The van der Waals surface area contributed by atoms with Crippen molar-refractivity contribution in [2.45, 2.75) is 12.5 Å². The normalized spacial score (nSPS) is 13.0. The van der Waals surface area contributed by atoms with Gasteiger partial charge in [-0.1, -0.05) is 0 Å². The summed E-state index contributed by atoms with van der Waals surface area (Å²) in [5, 5.41) is 16.0. The summed E-state index contributed by atoms with van der Waals surface area (Å²) in [5.41, 5.74) is 1.20. The van der Waals surface area contributed by atoms with Gasteiger partial charge in [0.2, 0.25) is 0 Å². The lowest BCUT2D eigenvalue weighted by atomic mass is 10.1. The number of rotatable bonds is 3. The Morgan fingerprint density at radius 3 is 2.86 bits per heavy atom. The van der Waals surface area contributed by atoms with E-state index in [0.29, 0.717) is 6.42 Å². The molecule has 0 saturated heterocycles. The first-order chi connectivity index (χ1) is 6.75. The Morgan fingerprint density at radius 2 is 2.29 bits per heavy atom. The van der Waals surface area contributed by atoms with Gasteiger partial charge >= 0.3 is 0 Å². The first kappa shape index (κ1) is 10.4. The van der Waals surface area contributed by atoms with Crippen molar-refractivity contribution in [2.75, 3.05) is 0 Å². The SMILES string of the molecule is OC(Cc1ccsc1)c1cc(Br)cs1. The Morgan fingerprint density at radius 1 is 1.43 bits per heavy atom. The van der Waals surface area contributed by atoms with Crippen molar-refractivity contribution in [3.8, 4) is 0 Å². The van der Waals surface area contributed by atoms with Gasteiger partial charge in [0.05, 0.1) is 6.10 Å². The number of halogens is 1. The molecule has 0 radical (unpaired) electrons. The lowest BCUT2D eigenvalue weighted by molar-refractivity contribution is 0.182. The predicted octanol–water partition coefficient (Wildman–Crippen LogP) is 3.85. The third-order valence-corrected chi connectivity index (χ3v) is 4.45. The van der Waals surface area contributed by atoms with E-state index >= 15 is 0 Å². The number of aliphatic hydroxyl groups is 1. The smallest absolute Gasteiger partial charge is 0.0922 e. The lowest BCUT2D eigenvalue weighted by Gasteiger charge is -2.05. The van der Waals surface area contributed by atoms with E-state index in [2.05, 4.69) is 27.4 Å². The molecule has 74 valence electrons. The molecule has 0 bridgehead atoms. The second kappa shape index (κ2) is 4.57. The van der Waals surface area contributed by atoms with Gasteiger partial charge in [0.1, 0.15) is 0 Å². The van der Waals surface area contributed by atoms with Crippen molar-refractivity contribution in [1.29, 1.82) is 0 Å². The van der Waals surface area contributed by atoms with Crippen LogP contribution in [0.2, 0.25) is 0 Å². The third-order valence-electron chi connectivity index (χ3n) is 1.93. The average molecular weight is 289 g/mol. The van der Waals surface area contributed by atoms with Gasteiger partial charge in [0.25, 0.3) is 0 Å². The van der Waals surface area contributed by atoms with Crippen LogP contribution in [0.25, 0.3) is 0 Å². The van der Waals surface area contributed by atoms with Gasteiger partial charge in [0.15, 0.2) is 0 Å². The van der Waals surface area contributed by atoms with Crippen LogP contribution < -0.4 is 0 Å². The van der Waals surface area contributed by atoms with Crippen molar-refractivity contribution in [3.05, 3.63) is 43.2 Å². The second-order valence-electron chi connectivity index (χ2n) is 3.02. The Balaban J connectivity index is 2.06. The molecule has 0 aliphatic carbocycles. The standard InChI is InChI=1S/C10H9BrOS2/c11-8-4-10(14-6-8)9(12)3-7-1-2-13-5-7/h1-2,4-6,9,12H,3H2. The summed E-state index contributed by atoms with van der Waals surface area (Å²) in [6.45, 7) is 0. The molecule has 0 fully saturated rings. The summed E-state index contributed by atoms with van der Waals surface area (Å²) >= 11 is 6.63. The minimum absolute atomic E-state index is 0.374. The van der Waals surface area contributed by atoms with Crippen molar-refractivity contribution in [2.24, 2.45) is 0 Å². The van der Waals surface area contributed by atoms with Gasteiger partial charge in [-0.3, -0.25) is 0 Å². The molecule has 0 saturated carbocycles. The molecular weight excluding hydrogens is 280 g/mol. The van der Waals surface area contributed by atoms with Gasteiger partial charge in [0, 0.05) is 21.2 Å². The largest absolute Gasteiger partial charge is 0.387 e. The van der Waals surface area contributed by atoms with Crippen LogP contribution in [0.5, 0.6) is 0 Å². The molecule has 0 aromatic carbocycles. The van der Waals surface area contributed by atoms with E-state index in [1.807, 2.05) is 16.8 Å². The maximum atomic E-state index is 9.90. The van der Waals surface area contributed by atoms with Crippen LogP contribution in [-0.4, -0.2) is 5.11 Å². The van der Waals surface area contributed by atoms with Crippen molar-refractivity contribution < 1.29 is 5.11 Å². The van der Waals surface area contributed by atoms with Gasteiger partial charge < -0.3 is 5.11 Å². The first-order valence-electron chi connectivity index (χ1n) is 4.19. The molecule has 4 heteroatoms. The zero-order valence-corrected chi connectivity index (χ0v) is 10.5. The molecule has 1 atom stereocenters. The molecule has 1 unspecified atom stereocenters. The Bertz CT molecular complexity index is 394. The van der Waals surface area contributed by atoms with Crippen LogP contribution in [0.4, 0.5) is 0 Å².